The van der Waals surface area contributed by atoms with Gasteiger partial charge in [0.05, 0.1) is 10.0 Å². The number of aromatic nitrogens is 4. The summed E-state index contributed by atoms with van der Waals surface area (Å²) >= 11 is 12.8. The molecule has 0 saturated carbocycles. The van der Waals surface area contributed by atoms with Crippen LogP contribution in [0.15, 0.2) is 61.1 Å². The standard InChI is InChI=1S/C28H27Cl2N7O3/c29-21-3-1-2-19(26(21)30)15-36-10-11-37(24-6-7-31-28(35-24)27-32-8-9-33-27)16-20(36)13-25(38)34-14-18-4-5-22-23(12-18)40-17-39-22/h1-9,12,20H,10-11,13-17H2,(H,32,33)(H,34,38). The summed E-state index contributed by atoms with van der Waals surface area (Å²) in [5.74, 6) is 3.27. The molecule has 1 saturated heterocycles. The van der Waals surface area contributed by atoms with Gasteiger partial charge in [0.15, 0.2) is 23.1 Å². The largest absolute Gasteiger partial charge is 0.454 e. The molecule has 1 atom stereocenters. The maximum Gasteiger partial charge on any atom is 0.231 e. The molecule has 4 aromatic rings. The Labute approximate surface area is 241 Å². The van der Waals surface area contributed by atoms with E-state index in [9.17, 15) is 4.79 Å². The van der Waals surface area contributed by atoms with Gasteiger partial charge in [-0.2, -0.15) is 0 Å². The number of imidazole rings is 1. The Hall–Kier alpha value is -3.86. The number of rotatable bonds is 8. The van der Waals surface area contributed by atoms with Crippen molar-refractivity contribution in [3.8, 4) is 23.1 Å². The van der Waals surface area contributed by atoms with Gasteiger partial charge in [0, 0.05) is 63.8 Å². The van der Waals surface area contributed by atoms with Crippen molar-refractivity contribution in [3.05, 3.63) is 82.2 Å². The number of hydrogen-bond donors (Lipinski definition) is 2. The van der Waals surface area contributed by atoms with Crippen LogP contribution in [-0.2, 0) is 17.9 Å². The Bertz CT molecular complexity index is 1500. The number of anilines is 1. The first-order valence-electron chi connectivity index (χ1n) is 12.9. The number of benzene rings is 2. The first-order chi connectivity index (χ1) is 19.5. The van der Waals surface area contributed by atoms with E-state index < -0.39 is 0 Å². The van der Waals surface area contributed by atoms with Crippen LogP contribution in [0.5, 0.6) is 11.5 Å². The second-order valence-corrected chi connectivity index (χ2v) is 10.4. The van der Waals surface area contributed by atoms with E-state index in [0.29, 0.717) is 65.8 Å². The summed E-state index contributed by atoms with van der Waals surface area (Å²) in [5.41, 5.74) is 1.87. The van der Waals surface area contributed by atoms with Crippen LogP contribution in [0.3, 0.4) is 0 Å². The topological polar surface area (TPSA) is 109 Å². The molecular formula is C28H27Cl2N7O3. The lowest BCUT2D eigenvalue weighted by molar-refractivity contribution is -0.122. The van der Waals surface area contributed by atoms with Gasteiger partial charge < -0.3 is 24.7 Å². The Morgan fingerprint density at radius 3 is 2.85 bits per heavy atom. The van der Waals surface area contributed by atoms with Crippen LogP contribution in [0.25, 0.3) is 11.6 Å². The highest BCUT2D eigenvalue weighted by atomic mass is 35.5. The third-order valence-corrected chi connectivity index (χ3v) is 7.89. The van der Waals surface area contributed by atoms with Gasteiger partial charge in [0.25, 0.3) is 0 Å². The van der Waals surface area contributed by atoms with Crippen LogP contribution < -0.4 is 19.7 Å². The smallest absolute Gasteiger partial charge is 0.231 e. The zero-order chi connectivity index (χ0) is 27.5. The fraction of sp³-hybridized carbons (Fsp3) is 0.286. The molecule has 6 rings (SSSR count). The van der Waals surface area contributed by atoms with E-state index in [0.717, 1.165) is 23.5 Å². The average molecular weight is 580 g/mol. The predicted molar refractivity (Wildman–Crippen MR) is 152 cm³/mol. The molecule has 0 bridgehead atoms. The number of nitrogens with one attached hydrogen (secondary N) is 2. The van der Waals surface area contributed by atoms with Gasteiger partial charge >= 0.3 is 0 Å². The lowest BCUT2D eigenvalue weighted by Gasteiger charge is -2.42. The molecule has 0 spiro atoms. The number of nitrogens with zero attached hydrogens (tertiary/aromatic N) is 5. The monoisotopic (exact) mass is 579 g/mol. The molecule has 0 aliphatic carbocycles. The maximum absolute atomic E-state index is 13.2. The Kier molecular flexibility index (Phi) is 7.72. The van der Waals surface area contributed by atoms with Crippen LogP contribution in [-0.4, -0.2) is 63.2 Å². The molecule has 206 valence electrons. The van der Waals surface area contributed by atoms with E-state index in [-0.39, 0.29) is 18.7 Å². The molecule has 12 heteroatoms. The predicted octanol–water partition coefficient (Wildman–Crippen LogP) is 4.30. The normalized spacial score (nSPS) is 16.8. The van der Waals surface area contributed by atoms with E-state index in [4.69, 9.17) is 37.7 Å². The van der Waals surface area contributed by atoms with Crippen molar-refractivity contribution in [1.29, 1.82) is 0 Å². The molecule has 2 aromatic heterocycles. The molecule has 10 nitrogen and oxygen atoms in total. The number of carbonyl (C=O) groups is 1. The maximum atomic E-state index is 13.2. The highest BCUT2D eigenvalue weighted by molar-refractivity contribution is 6.42. The van der Waals surface area contributed by atoms with Crippen molar-refractivity contribution in [3.63, 3.8) is 0 Å². The molecule has 1 amide bonds. The molecule has 40 heavy (non-hydrogen) atoms. The van der Waals surface area contributed by atoms with Gasteiger partial charge in [-0.15, -0.1) is 0 Å². The minimum absolute atomic E-state index is 0.0503. The third kappa shape index (κ3) is 5.84. The van der Waals surface area contributed by atoms with E-state index in [1.165, 1.54) is 0 Å². The van der Waals surface area contributed by atoms with Crippen LogP contribution in [0.2, 0.25) is 10.0 Å². The van der Waals surface area contributed by atoms with Crippen molar-refractivity contribution < 1.29 is 14.3 Å². The van der Waals surface area contributed by atoms with Crippen molar-refractivity contribution in [2.75, 3.05) is 31.3 Å². The highest BCUT2D eigenvalue weighted by Crippen LogP contribution is 2.32. The molecule has 2 N–H and O–H groups in total. The molecule has 0 radical (unpaired) electrons. The Balaban J connectivity index is 1.18. The number of ether oxygens (including phenoxy) is 2. The fourth-order valence-corrected chi connectivity index (χ4v) is 5.34. The molecule has 1 unspecified atom stereocenters. The number of aromatic amines is 1. The zero-order valence-corrected chi connectivity index (χ0v) is 23.0. The molecular weight excluding hydrogens is 553 g/mol. The Morgan fingerprint density at radius 1 is 1.07 bits per heavy atom. The van der Waals surface area contributed by atoms with Crippen LogP contribution in [0.1, 0.15) is 17.5 Å². The van der Waals surface area contributed by atoms with Crippen molar-refractivity contribution in [2.45, 2.75) is 25.6 Å². The number of halogens is 2. The third-order valence-electron chi connectivity index (χ3n) is 7.03. The molecule has 2 aliphatic heterocycles. The highest BCUT2D eigenvalue weighted by Gasteiger charge is 2.30. The van der Waals surface area contributed by atoms with Crippen molar-refractivity contribution >= 4 is 34.9 Å². The number of piperazine rings is 1. The van der Waals surface area contributed by atoms with Gasteiger partial charge in [0.2, 0.25) is 12.7 Å². The summed E-state index contributed by atoms with van der Waals surface area (Å²) in [6, 6.07) is 13.1. The Morgan fingerprint density at radius 2 is 1.98 bits per heavy atom. The number of carbonyl (C=O) groups excluding carboxylic acids is 1. The first-order valence-corrected chi connectivity index (χ1v) is 13.7. The number of hydrogen-bond acceptors (Lipinski definition) is 8. The number of amides is 1. The van der Waals surface area contributed by atoms with Crippen LogP contribution >= 0.6 is 23.2 Å². The van der Waals surface area contributed by atoms with Crippen LogP contribution in [0.4, 0.5) is 5.82 Å². The van der Waals surface area contributed by atoms with Gasteiger partial charge in [-0.25, -0.2) is 15.0 Å². The van der Waals surface area contributed by atoms with Gasteiger partial charge in [-0.1, -0.05) is 41.4 Å². The second kappa shape index (κ2) is 11.7. The van der Waals surface area contributed by atoms with E-state index >= 15 is 0 Å². The second-order valence-electron chi connectivity index (χ2n) is 9.63. The number of fused-ring (bicyclic) bond motifs is 1. The SMILES string of the molecule is O=C(CC1CN(c2ccnc(-c3ncc[nH]3)n2)CCN1Cc1cccc(Cl)c1Cl)NCc1ccc2c(c1)OCO2. The summed E-state index contributed by atoms with van der Waals surface area (Å²) < 4.78 is 10.8. The average Bonchev–Trinajstić information content (AvgIpc) is 3.68. The van der Waals surface area contributed by atoms with E-state index in [2.05, 4.69) is 30.1 Å². The summed E-state index contributed by atoms with van der Waals surface area (Å²) in [4.78, 5) is 34.1. The zero-order valence-electron chi connectivity index (χ0n) is 21.5. The van der Waals surface area contributed by atoms with Gasteiger partial charge in [0.1, 0.15) is 5.82 Å². The lowest BCUT2D eigenvalue weighted by Crippen LogP contribution is -2.54. The first kappa shape index (κ1) is 26.4. The molecule has 2 aromatic carbocycles. The van der Waals surface area contributed by atoms with Crippen molar-refractivity contribution in [2.24, 2.45) is 0 Å². The number of H-pyrrole nitrogens is 1. The summed E-state index contributed by atoms with van der Waals surface area (Å²) in [6.45, 7) is 3.22. The minimum Gasteiger partial charge on any atom is -0.454 e. The van der Waals surface area contributed by atoms with E-state index in [1.54, 1.807) is 24.7 Å². The molecule has 2 aliphatic rings. The fourth-order valence-electron chi connectivity index (χ4n) is 4.96. The molecule has 1 fully saturated rings. The van der Waals surface area contributed by atoms with Gasteiger partial charge in [-0.05, 0) is 35.4 Å². The minimum atomic E-state index is -0.0948. The van der Waals surface area contributed by atoms with Crippen molar-refractivity contribution in [1.82, 2.24) is 30.2 Å². The summed E-state index contributed by atoms with van der Waals surface area (Å²) in [7, 11) is 0. The summed E-state index contributed by atoms with van der Waals surface area (Å²) in [5, 5.41) is 4.11. The molecule has 4 heterocycles. The van der Waals surface area contributed by atoms with E-state index in [1.807, 2.05) is 36.4 Å². The lowest BCUT2D eigenvalue weighted by atomic mass is 10.1. The van der Waals surface area contributed by atoms with Crippen LogP contribution in [0, 0.1) is 0 Å². The van der Waals surface area contributed by atoms with Gasteiger partial charge in [-0.3, -0.25) is 9.69 Å². The quantitative estimate of drug-likeness (QED) is 0.318. The summed E-state index contributed by atoms with van der Waals surface area (Å²) in [6.07, 6.45) is 5.44.